The molecule has 0 saturated heterocycles. The Morgan fingerprint density at radius 2 is 1.04 bits per heavy atom. The van der Waals surface area contributed by atoms with Crippen molar-refractivity contribution in [2.75, 3.05) is 0 Å². The predicted octanol–water partition coefficient (Wildman–Crippen LogP) is 3.41. The van der Waals surface area contributed by atoms with Crippen LogP contribution in [0.5, 0.6) is 0 Å². The molecule has 0 atom stereocenters. The molecular weight excluding hydrogens is 312 g/mol. The first kappa shape index (κ1) is 18.7. The molecule has 0 aliphatic carbocycles. The summed E-state index contributed by atoms with van der Waals surface area (Å²) in [5.41, 5.74) is 4.56. The maximum atomic E-state index is 11.8. The molecule has 4 nitrogen and oxygen atoms in total. The third kappa shape index (κ3) is 7.21. The van der Waals surface area contributed by atoms with Gasteiger partial charge in [-0.25, -0.2) is 0 Å². The van der Waals surface area contributed by atoms with Crippen LogP contribution in [0.1, 0.15) is 41.5 Å². The number of rotatable bonds is 8. The molecule has 0 aliphatic rings. The lowest BCUT2D eigenvalue weighted by atomic mass is 10.1. The normalized spacial score (nSPS) is 10.3. The van der Waals surface area contributed by atoms with Crippen molar-refractivity contribution in [3.8, 4) is 0 Å². The number of carbonyl (C=O) groups excluding carboxylic acids is 2. The van der Waals surface area contributed by atoms with Gasteiger partial charge in [0.05, 0.1) is 0 Å². The van der Waals surface area contributed by atoms with E-state index in [0.29, 0.717) is 32.4 Å². The van der Waals surface area contributed by atoms with E-state index < -0.39 is 0 Å². The van der Waals surface area contributed by atoms with Gasteiger partial charge in [0.15, 0.2) is 0 Å². The Balaban J connectivity index is 1.59. The number of carbonyl (C=O) groups is 2. The van der Waals surface area contributed by atoms with Gasteiger partial charge in [0.2, 0.25) is 11.8 Å². The van der Waals surface area contributed by atoms with E-state index in [9.17, 15) is 9.59 Å². The van der Waals surface area contributed by atoms with Crippen molar-refractivity contribution in [1.29, 1.82) is 0 Å². The van der Waals surface area contributed by atoms with E-state index in [0.717, 1.165) is 11.1 Å². The molecule has 132 valence electrons. The summed E-state index contributed by atoms with van der Waals surface area (Å²) in [6.45, 7) is 5.12. The van der Waals surface area contributed by atoms with E-state index in [1.807, 2.05) is 62.4 Å². The quantitative estimate of drug-likeness (QED) is 0.775. The number of benzene rings is 2. The first-order valence-corrected chi connectivity index (χ1v) is 8.67. The Morgan fingerprint density at radius 3 is 1.40 bits per heavy atom. The van der Waals surface area contributed by atoms with Gasteiger partial charge >= 0.3 is 0 Å². The smallest absolute Gasteiger partial charge is 0.220 e. The molecular formula is C21H26N2O2. The van der Waals surface area contributed by atoms with Gasteiger partial charge in [-0.3, -0.25) is 9.59 Å². The topological polar surface area (TPSA) is 58.2 Å². The van der Waals surface area contributed by atoms with Crippen LogP contribution < -0.4 is 10.6 Å². The minimum atomic E-state index is -0.0214. The zero-order valence-corrected chi connectivity index (χ0v) is 15.0. The lowest BCUT2D eigenvalue weighted by Gasteiger charge is -2.07. The van der Waals surface area contributed by atoms with Crippen LogP contribution in [-0.2, 0) is 22.7 Å². The van der Waals surface area contributed by atoms with Crippen LogP contribution in [0.25, 0.3) is 0 Å². The summed E-state index contributed by atoms with van der Waals surface area (Å²) >= 11 is 0. The molecule has 0 radical (unpaired) electrons. The highest BCUT2D eigenvalue weighted by molar-refractivity contribution is 5.78. The van der Waals surface area contributed by atoms with Crippen LogP contribution in [-0.4, -0.2) is 11.8 Å². The molecule has 2 rings (SSSR count). The van der Waals surface area contributed by atoms with Crippen molar-refractivity contribution in [3.63, 3.8) is 0 Å². The average molecular weight is 338 g/mol. The summed E-state index contributed by atoms with van der Waals surface area (Å²) in [4.78, 5) is 23.7. The van der Waals surface area contributed by atoms with Gasteiger partial charge in [0, 0.05) is 25.9 Å². The van der Waals surface area contributed by atoms with E-state index in [-0.39, 0.29) is 11.8 Å². The molecule has 2 amide bonds. The summed E-state index contributed by atoms with van der Waals surface area (Å²) in [5.74, 6) is -0.0428. The predicted molar refractivity (Wildman–Crippen MR) is 99.9 cm³/mol. The Labute approximate surface area is 149 Å². The summed E-state index contributed by atoms with van der Waals surface area (Å²) < 4.78 is 0. The third-order valence-corrected chi connectivity index (χ3v) is 4.03. The highest BCUT2D eigenvalue weighted by Crippen LogP contribution is 2.04. The maximum absolute atomic E-state index is 11.8. The number of hydrogen-bond donors (Lipinski definition) is 2. The van der Waals surface area contributed by atoms with Gasteiger partial charge in [-0.1, -0.05) is 59.7 Å². The average Bonchev–Trinajstić information content (AvgIpc) is 2.61. The molecule has 0 heterocycles. The van der Waals surface area contributed by atoms with Crippen LogP contribution in [0.4, 0.5) is 0 Å². The van der Waals surface area contributed by atoms with Crippen LogP contribution >= 0.6 is 0 Å². The molecule has 0 bridgehead atoms. The Kier molecular flexibility index (Phi) is 7.20. The van der Waals surface area contributed by atoms with Crippen molar-refractivity contribution in [2.45, 2.75) is 46.2 Å². The third-order valence-electron chi connectivity index (χ3n) is 4.03. The van der Waals surface area contributed by atoms with Crippen molar-refractivity contribution < 1.29 is 9.59 Å². The van der Waals surface area contributed by atoms with E-state index >= 15 is 0 Å². The van der Waals surface area contributed by atoms with Crippen LogP contribution in [0, 0.1) is 13.8 Å². The molecule has 0 aromatic heterocycles. The van der Waals surface area contributed by atoms with Gasteiger partial charge in [0.1, 0.15) is 0 Å². The van der Waals surface area contributed by atoms with Crippen molar-refractivity contribution >= 4 is 11.8 Å². The molecule has 2 N–H and O–H groups in total. The first-order valence-electron chi connectivity index (χ1n) is 8.67. The molecule has 4 heteroatoms. The van der Waals surface area contributed by atoms with Crippen LogP contribution in [0.15, 0.2) is 48.5 Å². The number of aryl methyl sites for hydroxylation is 2. The molecule has 25 heavy (non-hydrogen) atoms. The zero-order chi connectivity index (χ0) is 18.1. The maximum Gasteiger partial charge on any atom is 0.220 e. The SMILES string of the molecule is Cc1ccc(CNC(=O)CCCC(=O)NCc2ccc(C)cc2)cc1. The first-order chi connectivity index (χ1) is 12.0. The lowest BCUT2D eigenvalue weighted by molar-refractivity contribution is -0.122. The molecule has 0 aliphatic heterocycles. The monoisotopic (exact) mass is 338 g/mol. The van der Waals surface area contributed by atoms with Crippen molar-refractivity contribution in [1.82, 2.24) is 10.6 Å². The largest absolute Gasteiger partial charge is 0.352 e. The second kappa shape index (κ2) is 9.62. The molecule has 2 aromatic rings. The summed E-state index contributed by atoms with van der Waals surface area (Å²) in [6.07, 6.45) is 1.28. The lowest BCUT2D eigenvalue weighted by Crippen LogP contribution is -2.25. The highest BCUT2D eigenvalue weighted by Gasteiger charge is 2.05. The fraction of sp³-hybridized carbons (Fsp3) is 0.333. The fourth-order valence-electron chi connectivity index (χ4n) is 2.40. The molecule has 2 aromatic carbocycles. The number of amides is 2. The zero-order valence-electron chi connectivity index (χ0n) is 15.0. The second-order valence-electron chi connectivity index (χ2n) is 6.38. The minimum Gasteiger partial charge on any atom is -0.352 e. The van der Waals surface area contributed by atoms with Crippen molar-refractivity contribution in [2.24, 2.45) is 0 Å². The van der Waals surface area contributed by atoms with E-state index in [2.05, 4.69) is 10.6 Å². The second-order valence-corrected chi connectivity index (χ2v) is 6.38. The minimum absolute atomic E-state index is 0.0214. The summed E-state index contributed by atoms with van der Waals surface area (Å²) in [7, 11) is 0. The molecule has 0 unspecified atom stereocenters. The number of nitrogens with one attached hydrogen (secondary N) is 2. The van der Waals surface area contributed by atoms with E-state index in [1.165, 1.54) is 11.1 Å². The summed E-state index contributed by atoms with van der Waals surface area (Å²) in [5, 5.41) is 5.77. The summed E-state index contributed by atoms with van der Waals surface area (Å²) in [6, 6.07) is 16.1. The highest BCUT2D eigenvalue weighted by atomic mass is 16.2. The van der Waals surface area contributed by atoms with E-state index in [1.54, 1.807) is 0 Å². The van der Waals surface area contributed by atoms with Gasteiger partial charge in [-0.15, -0.1) is 0 Å². The molecule has 0 saturated carbocycles. The Morgan fingerprint density at radius 1 is 0.680 bits per heavy atom. The molecule has 0 spiro atoms. The fourth-order valence-corrected chi connectivity index (χ4v) is 2.40. The van der Waals surface area contributed by atoms with Gasteiger partial charge in [-0.05, 0) is 31.4 Å². The number of hydrogen-bond acceptors (Lipinski definition) is 2. The van der Waals surface area contributed by atoms with Gasteiger partial charge < -0.3 is 10.6 Å². The molecule has 0 fully saturated rings. The van der Waals surface area contributed by atoms with E-state index in [4.69, 9.17) is 0 Å². The Bertz CT molecular complexity index is 629. The van der Waals surface area contributed by atoms with Gasteiger partial charge in [0.25, 0.3) is 0 Å². The van der Waals surface area contributed by atoms with Crippen LogP contribution in [0.3, 0.4) is 0 Å². The standard InChI is InChI=1S/C21H26N2O2/c1-16-6-10-18(11-7-16)14-22-20(24)4-3-5-21(25)23-15-19-12-8-17(2)9-13-19/h6-13H,3-5,14-15H2,1-2H3,(H,22,24)(H,23,25). The van der Waals surface area contributed by atoms with Crippen molar-refractivity contribution in [3.05, 3.63) is 70.8 Å². The van der Waals surface area contributed by atoms with Crippen LogP contribution in [0.2, 0.25) is 0 Å². The Hall–Kier alpha value is -2.62. The van der Waals surface area contributed by atoms with Gasteiger partial charge in [-0.2, -0.15) is 0 Å².